The fourth-order valence-corrected chi connectivity index (χ4v) is 2.78. The van der Waals surface area contributed by atoms with E-state index in [2.05, 4.69) is 5.32 Å². The zero-order chi connectivity index (χ0) is 16.3. The number of benzene rings is 1. The molecule has 1 amide bonds. The maximum absolute atomic E-state index is 12.6. The van der Waals surface area contributed by atoms with Crippen LogP contribution < -0.4 is 11.1 Å². The van der Waals surface area contributed by atoms with Crippen molar-refractivity contribution in [3.63, 3.8) is 0 Å². The van der Waals surface area contributed by atoms with Crippen molar-refractivity contribution in [3.05, 3.63) is 35.4 Å². The Bertz CT molecular complexity index is 511. The lowest BCUT2D eigenvalue weighted by Crippen LogP contribution is -2.43. The van der Waals surface area contributed by atoms with Crippen molar-refractivity contribution in [3.8, 4) is 0 Å². The maximum atomic E-state index is 12.6. The smallest absolute Gasteiger partial charge is 0.352 e. The van der Waals surface area contributed by atoms with Crippen LogP contribution in [0.25, 0.3) is 0 Å². The van der Waals surface area contributed by atoms with E-state index < -0.39 is 18.1 Å². The Morgan fingerprint density at radius 1 is 1.17 bits per heavy atom. The number of hydrogen-bond acceptors (Lipinski definition) is 2. The molecule has 3 nitrogen and oxygen atoms in total. The van der Waals surface area contributed by atoms with Gasteiger partial charge in [-0.25, -0.2) is 0 Å². The quantitative estimate of drug-likeness (QED) is 0.874. The molecule has 0 saturated heterocycles. The van der Waals surface area contributed by atoms with Gasteiger partial charge in [0.2, 0.25) is 5.91 Å². The van der Waals surface area contributed by atoms with Crippen LogP contribution in [0.4, 0.5) is 13.2 Å². The molecule has 0 spiro atoms. The number of carbonyl (C=O) groups excluding carboxylic acids is 1. The molecule has 1 aliphatic carbocycles. The summed E-state index contributed by atoms with van der Waals surface area (Å²) >= 11 is 0. The Labute approximate surface area is 140 Å². The SMILES string of the molecule is Cc1ccc(C(N)C(=O)NC2CCC(C(F)(F)F)CC2)cc1.Cl. The third-order valence-corrected chi connectivity index (χ3v) is 4.26. The van der Waals surface area contributed by atoms with Gasteiger partial charge in [0.05, 0.1) is 5.92 Å². The van der Waals surface area contributed by atoms with E-state index in [1.54, 1.807) is 12.1 Å². The van der Waals surface area contributed by atoms with Gasteiger partial charge < -0.3 is 11.1 Å². The Hall–Kier alpha value is -1.27. The van der Waals surface area contributed by atoms with Crippen molar-refractivity contribution in [2.75, 3.05) is 0 Å². The van der Waals surface area contributed by atoms with Crippen LogP contribution in [0.5, 0.6) is 0 Å². The Morgan fingerprint density at radius 3 is 2.17 bits per heavy atom. The largest absolute Gasteiger partial charge is 0.391 e. The number of alkyl halides is 3. The molecular weight excluding hydrogens is 329 g/mol. The van der Waals surface area contributed by atoms with Gasteiger partial charge in [-0.3, -0.25) is 4.79 Å². The molecule has 0 heterocycles. The summed E-state index contributed by atoms with van der Waals surface area (Å²) in [5.74, 6) is -1.58. The number of nitrogens with two attached hydrogens (primary N) is 1. The average Bonchev–Trinajstić information content (AvgIpc) is 2.47. The molecule has 130 valence electrons. The summed E-state index contributed by atoms with van der Waals surface area (Å²) in [4.78, 5) is 12.1. The Kier molecular flexibility index (Phi) is 6.89. The van der Waals surface area contributed by atoms with Crippen LogP contribution in [0, 0.1) is 12.8 Å². The Morgan fingerprint density at radius 2 is 1.70 bits per heavy atom. The molecule has 1 unspecified atom stereocenters. The molecule has 1 fully saturated rings. The highest BCUT2D eigenvalue weighted by Crippen LogP contribution is 2.37. The van der Waals surface area contributed by atoms with Crippen LogP contribution in [0.3, 0.4) is 0 Å². The lowest BCUT2D eigenvalue weighted by Gasteiger charge is -2.30. The van der Waals surface area contributed by atoms with Crippen molar-refractivity contribution >= 4 is 18.3 Å². The van der Waals surface area contributed by atoms with Crippen LogP contribution in [-0.2, 0) is 4.79 Å². The van der Waals surface area contributed by atoms with E-state index in [9.17, 15) is 18.0 Å². The molecule has 23 heavy (non-hydrogen) atoms. The monoisotopic (exact) mass is 350 g/mol. The summed E-state index contributed by atoms with van der Waals surface area (Å²) in [6, 6.07) is 6.32. The summed E-state index contributed by atoms with van der Waals surface area (Å²) < 4.78 is 37.8. The van der Waals surface area contributed by atoms with Crippen molar-refractivity contribution in [2.24, 2.45) is 11.7 Å². The zero-order valence-electron chi connectivity index (χ0n) is 12.9. The van der Waals surface area contributed by atoms with Crippen LogP contribution in [0.15, 0.2) is 24.3 Å². The second-order valence-corrected chi connectivity index (χ2v) is 5.99. The Balaban J connectivity index is 0.00000264. The number of halogens is 4. The molecular formula is C16H22ClF3N2O. The van der Waals surface area contributed by atoms with Crippen LogP contribution in [0.2, 0.25) is 0 Å². The van der Waals surface area contributed by atoms with E-state index in [1.165, 1.54) is 0 Å². The topological polar surface area (TPSA) is 55.1 Å². The molecule has 1 aromatic rings. The fourth-order valence-electron chi connectivity index (χ4n) is 2.78. The van der Waals surface area contributed by atoms with E-state index in [4.69, 9.17) is 5.73 Å². The van der Waals surface area contributed by atoms with Crippen molar-refractivity contribution in [1.29, 1.82) is 0 Å². The van der Waals surface area contributed by atoms with Crippen LogP contribution in [-0.4, -0.2) is 18.1 Å². The lowest BCUT2D eigenvalue weighted by molar-refractivity contribution is -0.182. The van der Waals surface area contributed by atoms with Crippen LogP contribution in [0.1, 0.15) is 42.9 Å². The molecule has 0 bridgehead atoms. The molecule has 1 aromatic carbocycles. The first kappa shape index (κ1) is 19.8. The number of amides is 1. The standard InChI is InChI=1S/C16H21F3N2O.ClH/c1-10-2-4-11(5-3-10)14(20)15(22)21-13-8-6-12(7-9-13)16(17,18)19;/h2-5,12-14H,6-9,20H2,1H3,(H,21,22);1H. The second-order valence-electron chi connectivity index (χ2n) is 5.99. The third-order valence-electron chi connectivity index (χ3n) is 4.26. The molecule has 7 heteroatoms. The fraction of sp³-hybridized carbons (Fsp3) is 0.562. The highest BCUT2D eigenvalue weighted by atomic mass is 35.5. The predicted octanol–water partition coefficient (Wildman–Crippen LogP) is 3.65. The van der Waals surface area contributed by atoms with Gasteiger partial charge in [0.25, 0.3) is 0 Å². The van der Waals surface area contributed by atoms with Gasteiger partial charge in [-0.15, -0.1) is 12.4 Å². The number of rotatable bonds is 3. The average molecular weight is 351 g/mol. The van der Waals surface area contributed by atoms with E-state index in [0.29, 0.717) is 18.4 Å². The first-order valence-electron chi connectivity index (χ1n) is 7.46. The predicted molar refractivity (Wildman–Crippen MR) is 85.3 cm³/mol. The minimum absolute atomic E-state index is 0. The molecule has 3 N–H and O–H groups in total. The normalized spacial score (nSPS) is 22.8. The minimum Gasteiger partial charge on any atom is -0.352 e. The molecule has 1 saturated carbocycles. The summed E-state index contributed by atoms with van der Waals surface area (Å²) in [5.41, 5.74) is 7.68. The van der Waals surface area contributed by atoms with Gasteiger partial charge in [-0.2, -0.15) is 13.2 Å². The first-order chi connectivity index (χ1) is 10.3. The van der Waals surface area contributed by atoms with Crippen molar-refractivity contribution in [1.82, 2.24) is 5.32 Å². The van der Waals surface area contributed by atoms with Gasteiger partial charge >= 0.3 is 6.18 Å². The minimum atomic E-state index is -4.13. The lowest BCUT2D eigenvalue weighted by atomic mass is 9.85. The molecule has 0 aromatic heterocycles. The highest BCUT2D eigenvalue weighted by Gasteiger charge is 2.41. The summed E-state index contributed by atoms with van der Waals surface area (Å²) in [7, 11) is 0. The van der Waals surface area contributed by atoms with E-state index in [0.717, 1.165) is 5.56 Å². The highest BCUT2D eigenvalue weighted by molar-refractivity contribution is 5.85. The number of carbonyl (C=O) groups is 1. The van der Waals surface area contributed by atoms with Gasteiger partial charge in [-0.05, 0) is 38.2 Å². The number of nitrogens with one attached hydrogen (secondary N) is 1. The maximum Gasteiger partial charge on any atom is 0.391 e. The zero-order valence-corrected chi connectivity index (χ0v) is 13.7. The van der Waals surface area contributed by atoms with Crippen molar-refractivity contribution < 1.29 is 18.0 Å². The van der Waals surface area contributed by atoms with Gasteiger partial charge in [0.15, 0.2) is 0 Å². The number of hydrogen-bond donors (Lipinski definition) is 2. The van der Waals surface area contributed by atoms with Gasteiger partial charge in [0, 0.05) is 6.04 Å². The summed E-state index contributed by atoms with van der Waals surface area (Å²) in [6.45, 7) is 1.94. The van der Waals surface area contributed by atoms with Crippen molar-refractivity contribution in [2.45, 2.75) is 50.9 Å². The van der Waals surface area contributed by atoms with Gasteiger partial charge in [-0.1, -0.05) is 29.8 Å². The first-order valence-corrected chi connectivity index (χ1v) is 7.46. The summed E-state index contributed by atoms with van der Waals surface area (Å²) in [6.07, 6.45) is -3.32. The van der Waals surface area contributed by atoms with E-state index >= 15 is 0 Å². The van der Waals surface area contributed by atoms with E-state index in [-0.39, 0.29) is 37.2 Å². The molecule has 0 aliphatic heterocycles. The third kappa shape index (κ3) is 5.39. The molecule has 2 rings (SSSR count). The molecule has 1 aliphatic rings. The molecule has 1 atom stereocenters. The number of aryl methyl sites for hydroxylation is 1. The van der Waals surface area contributed by atoms with Crippen LogP contribution >= 0.6 is 12.4 Å². The molecule has 0 radical (unpaired) electrons. The van der Waals surface area contributed by atoms with Gasteiger partial charge in [0.1, 0.15) is 6.04 Å². The second kappa shape index (κ2) is 8.02. The summed E-state index contributed by atoms with van der Waals surface area (Å²) in [5, 5.41) is 2.77. The van der Waals surface area contributed by atoms with E-state index in [1.807, 2.05) is 19.1 Å².